The van der Waals surface area contributed by atoms with E-state index in [1.54, 1.807) is 18.2 Å². The molecule has 2 aromatic rings. The average molecular weight is 492 g/mol. The minimum atomic E-state index is -5.99. The Kier molecular flexibility index (Phi) is 6.45. The third-order valence-corrected chi connectivity index (χ3v) is 7.23. The Morgan fingerprint density at radius 2 is 1.45 bits per heavy atom. The molecular weight excluding hydrogens is 474 g/mol. The van der Waals surface area contributed by atoms with Crippen molar-refractivity contribution in [2.75, 3.05) is 24.5 Å². The molecule has 2 aromatic carbocycles. The number of rotatable bonds is 4. The summed E-state index contributed by atoms with van der Waals surface area (Å²) >= 11 is 0. The van der Waals surface area contributed by atoms with Crippen molar-refractivity contribution in [1.29, 1.82) is 0 Å². The van der Waals surface area contributed by atoms with E-state index in [0.29, 0.717) is 12.1 Å². The summed E-state index contributed by atoms with van der Waals surface area (Å²) in [6.45, 7) is -0.0974. The summed E-state index contributed by atoms with van der Waals surface area (Å²) in [5.74, 6) is 2.41. The van der Waals surface area contributed by atoms with E-state index in [-0.39, 0.29) is 30.2 Å². The van der Waals surface area contributed by atoms with E-state index in [1.807, 2.05) is 0 Å². The normalized spacial score (nSPS) is 18.7. The van der Waals surface area contributed by atoms with Crippen LogP contribution in [-0.4, -0.2) is 55.9 Å². The van der Waals surface area contributed by atoms with Gasteiger partial charge in [0.1, 0.15) is 6.04 Å². The zero-order valence-electron chi connectivity index (χ0n) is 16.8. The fourth-order valence-electron chi connectivity index (χ4n) is 3.55. The third-order valence-electron chi connectivity index (χ3n) is 5.35. The Morgan fingerprint density at radius 3 is 1.94 bits per heavy atom. The van der Waals surface area contributed by atoms with Crippen molar-refractivity contribution < 1.29 is 39.9 Å². The van der Waals surface area contributed by atoms with Crippen LogP contribution < -0.4 is 4.90 Å². The predicted octanol–water partition coefficient (Wildman–Crippen LogP) is 3.51. The van der Waals surface area contributed by atoms with Crippen molar-refractivity contribution in [3.63, 3.8) is 0 Å². The first-order valence-electron chi connectivity index (χ1n) is 9.48. The zero-order chi connectivity index (χ0) is 24.7. The molecule has 1 N–H and O–H groups in total. The molecule has 1 atom stereocenters. The highest BCUT2D eigenvalue weighted by molar-refractivity contribution is 7.89. The standard InChI is InChI=1S/C21H18F6N2O3S/c1-2-16-14-28(33(31,32)18-6-4-3-5-7-18)12-13-29(16)17-10-8-15(9-11-17)19(30,20(22,23)24)21(25,26)27/h1,3-11,16,30H,12-14H2/t16-/m0/s1. The molecule has 0 radical (unpaired) electrons. The van der Waals surface area contributed by atoms with Gasteiger partial charge in [-0.05, 0) is 24.3 Å². The molecule has 0 amide bonds. The molecule has 3 rings (SSSR count). The van der Waals surface area contributed by atoms with Gasteiger partial charge in [-0.1, -0.05) is 36.3 Å². The lowest BCUT2D eigenvalue weighted by Gasteiger charge is -2.40. The fourth-order valence-corrected chi connectivity index (χ4v) is 5.01. The molecule has 1 saturated heterocycles. The monoisotopic (exact) mass is 492 g/mol. The van der Waals surface area contributed by atoms with Gasteiger partial charge in [0.05, 0.1) is 4.90 Å². The molecule has 178 valence electrons. The minimum absolute atomic E-state index is 0.00774. The van der Waals surface area contributed by atoms with Gasteiger partial charge in [0, 0.05) is 30.9 Å². The van der Waals surface area contributed by atoms with Gasteiger partial charge >= 0.3 is 12.4 Å². The third kappa shape index (κ3) is 4.40. The predicted molar refractivity (Wildman–Crippen MR) is 108 cm³/mol. The maximum absolute atomic E-state index is 13.1. The Bertz CT molecular complexity index is 1110. The number of alkyl halides is 6. The minimum Gasteiger partial charge on any atom is -0.369 e. The first-order valence-corrected chi connectivity index (χ1v) is 10.9. The summed E-state index contributed by atoms with van der Waals surface area (Å²) in [4.78, 5) is 1.57. The Hall–Kier alpha value is -2.75. The molecule has 0 spiro atoms. The topological polar surface area (TPSA) is 60.9 Å². The van der Waals surface area contributed by atoms with Gasteiger partial charge in [-0.3, -0.25) is 0 Å². The summed E-state index contributed by atoms with van der Waals surface area (Å²) in [5, 5.41) is 9.52. The van der Waals surface area contributed by atoms with Crippen LogP contribution in [0, 0.1) is 12.3 Å². The molecule has 12 heteroatoms. The second-order valence-corrected chi connectivity index (χ2v) is 9.24. The number of hydrogen-bond acceptors (Lipinski definition) is 4. The molecule has 33 heavy (non-hydrogen) atoms. The number of terminal acetylenes is 1. The van der Waals surface area contributed by atoms with Crippen LogP contribution in [0.5, 0.6) is 0 Å². The van der Waals surface area contributed by atoms with Crippen molar-refractivity contribution in [1.82, 2.24) is 4.31 Å². The highest BCUT2D eigenvalue weighted by Gasteiger charge is 2.71. The first-order chi connectivity index (χ1) is 15.2. The highest BCUT2D eigenvalue weighted by Crippen LogP contribution is 2.50. The lowest BCUT2D eigenvalue weighted by atomic mass is 9.92. The molecular formula is C21H18F6N2O3S. The summed E-state index contributed by atoms with van der Waals surface area (Å²) in [7, 11) is -3.84. The molecule has 5 nitrogen and oxygen atoms in total. The van der Waals surface area contributed by atoms with Gasteiger partial charge in [0.2, 0.25) is 10.0 Å². The summed E-state index contributed by atoms with van der Waals surface area (Å²) in [6, 6.07) is 9.80. The van der Waals surface area contributed by atoms with Gasteiger partial charge < -0.3 is 10.0 Å². The number of anilines is 1. The molecule has 1 aliphatic rings. The highest BCUT2D eigenvalue weighted by atomic mass is 32.2. The van der Waals surface area contributed by atoms with Gasteiger partial charge in [0.25, 0.3) is 5.60 Å². The van der Waals surface area contributed by atoms with Gasteiger partial charge in [-0.25, -0.2) is 8.42 Å². The molecule has 1 aliphatic heterocycles. The smallest absolute Gasteiger partial charge is 0.369 e. The van der Waals surface area contributed by atoms with Gasteiger partial charge in [0.15, 0.2) is 0 Å². The maximum Gasteiger partial charge on any atom is 0.430 e. The quantitative estimate of drug-likeness (QED) is 0.525. The molecule has 0 aromatic heterocycles. The average Bonchev–Trinajstić information content (AvgIpc) is 2.77. The van der Waals surface area contributed by atoms with Crippen molar-refractivity contribution in [2.24, 2.45) is 0 Å². The van der Waals surface area contributed by atoms with Crippen LogP contribution in [0.25, 0.3) is 0 Å². The van der Waals surface area contributed by atoms with Crippen LogP contribution in [0.3, 0.4) is 0 Å². The van der Waals surface area contributed by atoms with E-state index >= 15 is 0 Å². The number of sulfonamides is 1. The van der Waals surface area contributed by atoms with E-state index in [1.165, 1.54) is 21.3 Å². The van der Waals surface area contributed by atoms with E-state index in [2.05, 4.69) is 5.92 Å². The van der Waals surface area contributed by atoms with Crippen molar-refractivity contribution in [2.45, 2.75) is 28.9 Å². The summed E-state index contributed by atoms with van der Waals surface area (Å²) in [5.41, 5.74) is -6.24. The van der Waals surface area contributed by atoms with E-state index in [0.717, 1.165) is 12.1 Å². The van der Waals surface area contributed by atoms with Gasteiger partial charge in [-0.15, -0.1) is 6.42 Å². The van der Waals surface area contributed by atoms with Crippen molar-refractivity contribution in [3.05, 3.63) is 60.2 Å². The Labute approximate surface area is 186 Å². The number of nitrogens with zero attached hydrogens (tertiary/aromatic N) is 2. The maximum atomic E-state index is 13.1. The molecule has 0 saturated carbocycles. The number of piperazine rings is 1. The van der Waals surface area contributed by atoms with Crippen LogP contribution >= 0.6 is 0 Å². The SMILES string of the molecule is C#C[C@H]1CN(S(=O)(=O)c2ccccc2)CCN1c1ccc(C(O)(C(F)(F)F)C(F)(F)F)cc1. The number of halogens is 6. The second kappa shape index (κ2) is 8.55. The van der Waals surface area contributed by atoms with Crippen LogP contribution in [0.15, 0.2) is 59.5 Å². The number of aliphatic hydroxyl groups is 1. The second-order valence-electron chi connectivity index (χ2n) is 7.30. The first kappa shape index (κ1) is 24.9. The lowest BCUT2D eigenvalue weighted by Crippen LogP contribution is -2.54. The summed E-state index contributed by atoms with van der Waals surface area (Å²) in [6.07, 6.45) is -6.45. The fraction of sp³-hybridized carbons (Fsp3) is 0.333. The number of hydrogen-bond donors (Lipinski definition) is 1. The van der Waals surface area contributed by atoms with Crippen LogP contribution in [0.4, 0.5) is 32.0 Å². The van der Waals surface area contributed by atoms with E-state index < -0.39 is 39.6 Å². The van der Waals surface area contributed by atoms with Crippen LogP contribution in [0.2, 0.25) is 0 Å². The molecule has 0 aliphatic carbocycles. The summed E-state index contributed by atoms with van der Waals surface area (Å²) < 4.78 is 105. The van der Waals surface area contributed by atoms with E-state index in [4.69, 9.17) is 6.42 Å². The Balaban J connectivity index is 1.86. The van der Waals surface area contributed by atoms with E-state index in [9.17, 15) is 39.9 Å². The molecule has 1 fully saturated rings. The van der Waals surface area contributed by atoms with Gasteiger partial charge in [-0.2, -0.15) is 30.6 Å². The van der Waals surface area contributed by atoms with Crippen LogP contribution in [0.1, 0.15) is 5.56 Å². The lowest BCUT2D eigenvalue weighted by molar-refractivity contribution is -0.376. The zero-order valence-corrected chi connectivity index (χ0v) is 17.6. The number of benzene rings is 2. The molecule has 1 heterocycles. The molecule has 0 unspecified atom stereocenters. The Morgan fingerprint density at radius 1 is 0.909 bits per heavy atom. The molecule has 0 bridgehead atoms. The van der Waals surface area contributed by atoms with Crippen molar-refractivity contribution in [3.8, 4) is 12.3 Å². The van der Waals surface area contributed by atoms with Crippen molar-refractivity contribution >= 4 is 15.7 Å². The largest absolute Gasteiger partial charge is 0.430 e. The van der Waals surface area contributed by atoms with Crippen LogP contribution in [-0.2, 0) is 15.6 Å².